The van der Waals surface area contributed by atoms with E-state index in [1.807, 2.05) is 18.2 Å². The van der Waals surface area contributed by atoms with Gasteiger partial charge in [-0.3, -0.25) is 4.79 Å². The van der Waals surface area contributed by atoms with Crippen molar-refractivity contribution in [2.45, 2.75) is 25.4 Å². The summed E-state index contributed by atoms with van der Waals surface area (Å²) in [6, 6.07) is 12.4. The Bertz CT molecular complexity index is 623. The molecule has 0 aliphatic carbocycles. The average molecular weight is 287 g/mol. The Hall–Kier alpha value is -1.69. The Morgan fingerprint density at radius 2 is 2.05 bits per heavy atom. The minimum atomic E-state index is -0.309. The number of hydrazine groups is 1. The third-order valence-electron chi connectivity index (χ3n) is 3.64. The van der Waals surface area contributed by atoms with Crippen molar-refractivity contribution in [3.63, 3.8) is 0 Å². The van der Waals surface area contributed by atoms with E-state index in [0.29, 0.717) is 6.42 Å². The predicted molar refractivity (Wildman–Crippen MR) is 81.1 cm³/mol. The van der Waals surface area contributed by atoms with Gasteiger partial charge in [0.2, 0.25) is 5.91 Å². The van der Waals surface area contributed by atoms with Crippen LogP contribution in [0.3, 0.4) is 0 Å². The van der Waals surface area contributed by atoms with Gasteiger partial charge in [0.05, 0.1) is 0 Å². The number of hydrogen-bond acceptors (Lipinski definition) is 4. The summed E-state index contributed by atoms with van der Waals surface area (Å²) >= 11 is 1.78. The minimum absolute atomic E-state index is 0.140. The van der Waals surface area contributed by atoms with Crippen LogP contribution in [0.1, 0.15) is 22.9 Å². The van der Waals surface area contributed by atoms with Crippen LogP contribution in [0.15, 0.2) is 36.4 Å². The fourth-order valence-corrected chi connectivity index (χ4v) is 3.62. The first kappa shape index (κ1) is 13.3. The monoisotopic (exact) mass is 287 g/mol. The Morgan fingerprint density at radius 1 is 1.30 bits per heavy atom. The summed E-state index contributed by atoms with van der Waals surface area (Å²) in [5.41, 5.74) is 13.9. The lowest BCUT2D eigenvalue weighted by molar-refractivity contribution is -0.119. The zero-order valence-corrected chi connectivity index (χ0v) is 12.0. The molecule has 0 bridgehead atoms. The van der Waals surface area contributed by atoms with Crippen molar-refractivity contribution >= 4 is 17.2 Å². The summed E-state index contributed by atoms with van der Waals surface area (Å²) in [6.07, 6.45) is 0.696. The first-order valence-corrected chi connectivity index (χ1v) is 7.43. The quantitative estimate of drug-likeness (QED) is 0.810. The summed E-state index contributed by atoms with van der Waals surface area (Å²) in [4.78, 5) is 13.7. The van der Waals surface area contributed by atoms with Gasteiger partial charge in [-0.1, -0.05) is 30.3 Å². The number of carbonyl (C=O) groups excluding carboxylic acids is 1. The molecule has 4 N–H and O–H groups in total. The molecule has 2 atom stereocenters. The maximum Gasteiger partial charge on any atom is 0.235 e. The van der Waals surface area contributed by atoms with Crippen molar-refractivity contribution in [1.82, 2.24) is 10.9 Å². The van der Waals surface area contributed by atoms with E-state index in [-0.39, 0.29) is 18.0 Å². The SMILES string of the molecule is Cc1sc(-c2ccccc2)cc1C1CC(C(N)=O)NN1. The standard InChI is InChI=1S/C15H17N3OS/c1-9-11(12-8-13(15(16)19)18-17-12)7-14(20-9)10-5-3-2-4-6-10/h2-7,12-13,17-18H,8H2,1H3,(H2,16,19). The van der Waals surface area contributed by atoms with Gasteiger partial charge in [0.1, 0.15) is 6.04 Å². The lowest BCUT2D eigenvalue weighted by Gasteiger charge is -2.08. The van der Waals surface area contributed by atoms with Crippen LogP contribution >= 0.6 is 11.3 Å². The topological polar surface area (TPSA) is 67.2 Å². The molecule has 1 fully saturated rings. The van der Waals surface area contributed by atoms with Crippen LogP contribution in [0.25, 0.3) is 10.4 Å². The number of carbonyl (C=O) groups is 1. The van der Waals surface area contributed by atoms with Gasteiger partial charge >= 0.3 is 0 Å². The third kappa shape index (κ3) is 2.47. The Balaban J connectivity index is 1.85. The third-order valence-corrected chi connectivity index (χ3v) is 4.75. The van der Waals surface area contributed by atoms with Gasteiger partial charge in [0, 0.05) is 15.8 Å². The van der Waals surface area contributed by atoms with Gasteiger partial charge in [-0.15, -0.1) is 11.3 Å². The zero-order valence-electron chi connectivity index (χ0n) is 11.2. The normalized spacial score (nSPS) is 22.1. The molecule has 1 aliphatic heterocycles. The van der Waals surface area contributed by atoms with Crippen LogP contribution in [0.2, 0.25) is 0 Å². The highest BCUT2D eigenvalue weighted by molar-refractivity contribution is 7.15. The molecule has 1 aromatic carbocycles. The van der Waals surface area contributed by atoms with Crippen LogP contribution in [0.4, 0.5) is 0 Å². The molecule has 3 rings (SSSR count). The first-order chi connectivity index (χ1) is 9.65. The molecular weight excluding hydrogens is 270 g/mol. The van der Waals surface area contributed by atoms with Crippen LogP contribution < -0.4 is 16.6 Å². The van der Waals surface area contributed by atoms with Gasteiger partial charge in [-0.05, 0) is 30.5 Å². The van der Waals surface area contributed by atoms with Crippen molar-refractivity contribution in [3.8, 4) is 10.4 Å². The number of primary amides is 1. The number of nitrogens with two attached hydrogens (primary N) is 1. The molecule has 4 nitrogen and oxygen atoms in total. The van der Waals surface area contributed by atoms with E-state index in [1.165, 1.54) is 20.9 Å². The highest BCUT2D eigenvalue weighted by atomic mass is 32.1. The van der Waals surface area contributed by atoms with Crippen molar-refractivity contribution in [3.05, 3.63) is 46.8 Å². The number of thiophene rings is 1. The summed E-state index contributed by atoms with van der Waals surface area (Å²) in [5, 5.41) is 0. The van der Waals surface area contributed by atoms with Gasteiger partial charge in [0.25, 0.3) is 0 Å². The molecule has 1 aromatic heterocycles. The van der Waals surface area contributed by atoms with E-state index >= 15 is 0 Å². The van der Waals surface area contributed by atoms with Gasteiger partial charge in [-0.2, -0.15) is 0 Å². The Kier molecular flexibility index (Phi) is 3.56. The lowest BCUT2D eigenvalue weighted by Crippen LogP contribution is -2.40. The molecule has 2 heterocycles. The molecule has 20 heavy (non-hydrogen) atoms. The van der Waals surface area contributed by atoms with Crippen LogP contribution in [0, 0.1) is 6.92 Å². The van der Waals surface area contributed by atoms with E-state index in [4.69, 9.17) is 5.73 Å². The number of hydrogen-bond donors (Lipinski definition) is 3. The van der Waals surface area contributed by atoms with Crippen molar-refractivity contribution in [2.24, 2.45) is 5.73 Å². The lowest BCUT2D eigenvalue weighted by atomic mass is 10.0. The van der Waals surface area contributed by atoms with Crippen molar-refractivity contribution < 1.29 is 4.79 Å². The molecule has 104 valence electrons. The molecule has 0 saturated carbocycles. The summed E-state index contributed by atoms with van der Waals surface area (Å²) in [7, 11) is 0. The Morgan fingerprint density at radius 3 is 2.70 bits per heavy atom. The fraction of sp³-hybridized carbons (Fsp3) is 0.267. The second kappa shape index (κ2) is 5.36. The van der Waals surface area contributed by atoms with Crippen LogP contribution in [-0.2, 0) is 4.79 Å². The van der Waals surface area contributed by atoms with Gasteiger partial charge in [0.15, 0.2) is 0 Å². The van der Waals surface area contributed by atoms with E-state index in [2.05, 4.69) is 36.0 Å². The predicted octanol–water partition coefficient (Wildman–Crippen LogP) is 2.12. The van der Waals surface area contributed by atoms with Crippen molar-refractivity contribution in [2.75, 3.05) is 0 Å². The highest BCUT2D eigenvalue weighted by Gasteiger charge is 2.30. The van der Waals surface area contributed by atoms with Gasteiger partial charge in [-0.25, -0.2) is 10.9 Å². The average Bonchev–Trinajstić information content (AvgIpc) is 3.06. The highest BCUT2D eigenvalue weighted by Crippen LogP contribution is 2.36. The molecule has 1 saturated heterocycles. The fourth-order valence-electron chi connectivity index (χ4n) is 2.53. The van der Waals surface area contributed by atoms with E-state index in [1.54, 1.807) is 11.3 Å². The summed E-state index contributed by atoms with van der Waals surface area (Å²) in [6.45, 7) is 2.12. The van der Waals surface area contributed by atoms with E-state index < -0.39 is 0 Å². The molecule has 5 heteroatoms. The maximum atomic E-state index is 11.2. The van der Waals surface area contributed by atoms with Crippen molar-refractivity contribution in [1.29, 1.82) is 0 Å². The largest absolute Gasteiger partial charge is 0.368 e. The number of benzene rings is 1. The van der Waals surface area contributed by atoms with Crippen LogP contribution in [0.5, 0.6) is 0 Å². The second-order valence-corrected chi connectivity index (χ2v) is 6.28. The number of aryl methyl sites for hydroxylation is 1. The van der Waals surface area contributed by atoms with E-state index in [0.717, 1.165) is 0 Å². The number of nitrogens with one attached hydrogen (secondary N) is 2. The van der Waals surface area contributed by atoms with Gasteiger partial charge < -0.3 is 5.73 Å². The molecule has 1 amide bonds. The Labute approximate surface area is 122 Å². The number of rotatable bonds is 3. The second-order valence-electron chi connectivity index (χ2n) is 5.02. The number of amides is 1. The maximum absolute atomic E-state index is 11.2. The molecule has 0 spiro atoms. The molecule has 2 unspecified atom stereocenters. The molecule has 2 aromatic rings. The molecule has 1 aliphatic rings. The summed E-state index contributed by atoms with van der Waals surface area (Å²) < 4.78 is 0. The van der Waals surface area contributed by atoms with Crippen LogP contribution in [-0.4, -0.2) is 11.9 Å². The smallest absolute Gasteiger partial charge is 0.235 e. The summed E-state index contributed by atoms with van der Waals surface area (Å²) in [5.74, 6) is -0.309. The minimum Gasteiger partial charge on any atom is -0.368 e. The molecular formula is C15H17N3OS. The zero-order chi connectivity index (χ0) is 14.1. The first-order valence-electron chi connectivity index (χ1n) is 6.61. The molecule has 0 radical (unpaired) electrons. The van der Waals surface area contributed by atoms with E-state index in [9.17, 15) is 4.79 Å².